The van der Waals surface area contributed by atoms with Gasteiger partial charge in [0, 0.05) is 12.2 Å². The van der Waals surface area contributed by atoms with Gasteiger partial charge in [0.15, 0.2) is 5.17 Å². The zero-order chi connectivity index (χ0) is 15.5. The van der Waals surface area contributed by atoms with Crippen LogP contribution >= 0.6 is 23.5 Å². The molecule has 1 aliphatic carbocycles. The van der Waals surface area contributed by atoms with E-state index in [2.05, 4.69) is 9.98 Å². The maximum Gasteiger partial charge on any atom is 0.305 e. The Bertz CT molecular complexity index is 596. The van der Waals surface area contributed by atoms with Gasteiger partial charge in [-0.25, -0.2) is 4.99 Å². The highest BCUT2D eigenvalue weighted by Gasteiger charge is 2.41. The molecule has 7 heteroatoms. The van der Waals surface area contributed by atoms with E-state index in [9.17, 15) is 9.59 Å². The summed E-state index contributed by atoms with van der Waals surface area (Å²) in [5.41, 5.74) is 1.25. The van der Waals surface area contributed by atoms with Crippen LogP contribution in [0.3, 0.4) is 0 Å². The minimum atomic E-state index is -0.189. The Labute approximate surface area is 138 Å². The van der Waals surface area contributed by atoms with E-state index in [0.29, 0.717) is 30.4 Å². The highest BCUT2D eigenvalue weighted by atomic mass is 32.2. The lowest BCUT2D eigenvalue weighted by atomic mass is 9.98. The number of amidine groups is 1. The molecule has 0 N–H and O–H groups in total. The molecule has 2 heterocycles. The van der Waals surface area contributed by atoms with Gasteiger partial charge >= 0.3 is 5.97 Å². The van der Waals surface area contributed by atoms with Crippen LogP contribution in [0.15, 0.2) is 20.5 Å². The third-order valence-corrected chi connectivity index (χ3v) is 5.93. The van der Waals surface area contributed by atoms with Gasteiger partial charge in [-0.1, -0.05) is 23.5 Å². The van der Waals surface area contributed by atoms with E-state index in [0.717, 1.165) is 24.3 Å². The fourth-order valence-electron chi connectivity index (χ4n) is 2.79. The molecule has 0 aromatic carbocycles. The van der Waals surface area contributed by atoms with Crippen molar-refractivity contribution in [2.45, 2.75) is 39.0 Å². The third kappa shape index (κ3) is 3.30. The summed E-state index contributed by atoms with van der Waals surface area (Å²) in [6.45, 7) is 2.21. The van der Waals surface area contributed by atoms with Crippen molar-refractivity contribution < 1.29 is 14.3 Å². The van der Waals surface area contributed by atoms with Gasteiger partial charge in [-0.2, -0.15) is 4.99 Å². The molecule has 2 aliphatic heterocycles. The quantitative estimate of drug-likeness (QED) is 0.569. The summed E-state index contributed by atoms with van der Waals surface area (Å²) in [6.07, 6.45) is 4.33. The lowest BCUT2D eigenvalue weighted by molar-refractivity contribution is -0.143. The second-order valence-electron chi connectivity index (χ2n) is 5.28. The second kappa shape index (κ2) is 7.00. The number of amides is 1. The molecule has 0 bridgehead atoms. The van der Waals surface area contributed by atoms with Gasteiger partial charge in [0.2, 0.25) is 0 Å². The largest absolute Gasteiger partial charge is 0.466 e. The van der Waals surface area contributed by atoms with Crippen LogP contribution in [-0.2, 0) is 14.3 Å². The molecular weight excluding hydrogens is 320 g/mol. The minimum Gasteiger partial charge on any atom is -0.466 e. The fraction of sp³-hybridized carbons (Fsp3) is 0.600. The summed E-state index contributed by atoms with van der Waals surface area (Å²) >= 11 is 3.10. The van der Waals surface area contributed by atoms with Crippen LogP contribution < -0.4 is 0 Å². The first kappa shape index (κ1) is 15.8. The molecule has 22 heavy (non-hydrogen) atoms. The van der Waals surface area contributed by atoms with Crippen molar-refractivity contribution in [2.75, 3.05) is 12.4 Å². The first-order valence-corrected chi connectivity index (χ1v) is 9.38. The fourth-order valence-corrected chi connectivity index (χ4v) is 4.98. The molecule has 1 atom stereocenters. The van der Waals surface area contributed by atoms with Crippen LogP contribution in [-0.4, -0.2) is 34.4 Å². The number of nitrogens with zero attached hydrogens (tertiary/aromatic N) is 2. The number of aliphatic imine (C=N–C) groups is 2. The van der Waals surface area contributed by atoms with Gasteiger partial charge in [0.05, 0.1) is 11.7 Å². The first-order valence-electron chi connectivity index (χ1n) is 7.58. The van der Waals surface area contributed by atoms with Crippen molar-refractivity contribution in [3.05, 3.63) is 10.5 Å². The Balaban J connectivity index is 1.52. The van der Waals surface area contributed by atoms with E-state index >= 15 is 0 Å². The van der Waals surface area contributed by atoms with Crippen molar-refractivity contribution >= 4 is 45.6 Å². The number of carbonyl (C=O) groups is 2. The maximum atomic E-state index is 12.3. The maximum absolute atomic E-state index is 12.3. The number of hydrogen-bond donors (Lipinski definition) is 0. The lowest BCUT2D eigenvalue weighted by Crippen LogP contribution is -2.24. The molecule has 0 aromatic heterocycles. The summed E-state index contributed by atoms with van der Waals surface area (Å²) in [5, 5.41) is 1.44. The minimum absolute atomic E-state index is 0.0720. The van der Waals surface area contributed by atoms with Crippen LogP contribution in [0.25, 0.3) is 0 Å². The van der Waals surface area contributed by atoms with Gasteiger partial charge in [0.25, 0.3) is 5.91 Å². The van der Waals surface area contributed by atoms with E-state index in [1.165, 1.54) is 22.2 Å². The van der Waals surface area contributed by atoms with E-state index in [4.69, 9.17) is 4.74 Å². The third-order valence-electron chi connectivity index (χ3n) is 3.75. The average Bonchev–Trinajstić information content (AvgIpc) is 3.04. The summed E-state index contributed by atoms with van der Waals surface area (Å²) in [7, 11) is 0. The van der Waals surface area contributed by atoms with Gasteiger partial charge in [-0.15, -0.1) is 0 Å². The van der Waals surface area contributed by atoms with Crippen LogP contribution in [0.2, 0.25) is 0 Å². The SMILES string of the molecule is CCOC(=O)CCCSC1=NC(=O)C2C(=N1)SC1=C2CCC1. The van der Waals surface area contributed by atoms with Crippen molar-refractivity contribution in [1.29, 1.82) is 0 Å². The summed E-state index contributed by atoms with van der Waals surface area (Å²) in [6, 6.07) is 0. The molecule has 3 aliphatic rings. The Morgan fingerprint density at radius 1 is 1.41 bits per heavy atom. The van der Waals surface area contributed by atoms with Crippen LogP contribution in [0, 0.1) is 5.92 Å². The monoisotopic (exact) mass is 338 g/mol. The highest BCUT2D eigenvalue weighted by molar-refractivity contribution is 8.18. The van der Waals surface area contributed by atoms with Crippen LogP contribution in [0.4, 0.5) is 0 Å². The zero-order valence-electron chi connectivity index (χ0n) is 12.5. The van der Waals surface area contributed by atoms with Gasteiger partial charge in [-0.05, 0) is 43.1 Å². The Morgan fingerprint density at radius 2 is 2.27 bits per heavy atom. The summed E-state index contributed by atoms with van der Waals surface area (Å²) in [5.74, 6) is 0.274. The topological polar surface area (TPSA) is 68.1 Å². The number of fused-ring (bicyclic) bond motifs is 2. The predicted molar refractivity (Wildman–Crippen MR) is 90.2 cm³/mol. The number of ether oxygens (including phenoxy) is 1. The van der Waals surface area contributed by atoms with E-state index in [-0.39, 0.29) is 17.8 Å². The molecule has 0 aromatic rings. The average molecular weight is 338 g/mol. The summed E-state index contributed by atoms with van der Waals surface area (Å²) < 4.78 is 4.88. The Kier molecular flexibility index (Phi) is 5.03. The predicted octanol–water partition coefficient (Wildman–Crippen LogP) is 3.16. The lowest BCUT2D eigenvalue weighted by Gasteiger charge is -2.15. The molecule has 1 amide bonds. The van der Waals surface area contributed by atoms with Crippen molar-refractivity contribution in [1.82, 2.24) is 0 Å². The zero-order valence-corrected chi connectivity index (χ0v) is 14.1. The standard InChI is InChI=1S/C15H18N2O3S2/c1-2-20-11(18)7-4-8-21-15-16-13(19)12-9-5-3-6-10(9)22-14(12)17-15/h12H,2-8H2,1H3. The van der Waals surface area contributed by atoms with Gasteiger partial charge < -0.3 is 4.74 Å². The number of allylic oxidation sites excluding steroid dienone is 1. The van der Waals surface area contributed by atoms with Crippen LogP contribution in [0.1, 0.15) is 39.0 Å². The van der Waals surface area contributed by atoms with Crippen molar-refractivity contribution in [2.24, 2.45) is 15.9 Å². The number of thioether (sulfide) groups is 2. The molecule has 0 radical (unpaired) electrons. The molecule has 0 saturated carbocycles. The Morgan fingerprint density at radius 3 is 3.09 bits per heavy atom. The molecular formula is C15H18N2O3S2. The van der Waals surface area contributed by atoms with Crippen LogP contribution in [0.5, 0.6) is 0 Å². The molecule has 118 valence electrons. The number of hydrogen-bond acceptors (Lipinski definition) is 6. The summed E-state index contributed by atoms with van der Waals surface area (Å²) in [4.78, 5) is 33.5. The number of carbonyl (C=O) groups excluding carboxylic acids is 2. The number of rotatable bonds is 5. The molecule has 0 fully saturated rings. The smallest absolute Gasteiger partial charge is 0.305 e. The van der Waals surface area contributed by atoms with Crippen molar-refractivity contribution in [3.8, 4) is 0 Å². The molecule has 1 unspecified atom stereocenters. The van der Waals surface area contributed by atoms with E-state index in [1.807, 2.05) is 0 Å². The Hall–Kier alpha value is -1.08. The molecule has 0 spiro atoms. The normalized spacial score (nSPS) is 23.1. The first-order chi connectivity index (χ1) is 10.7. The second-order valence-corrected chi connectivity index (χ2v) is 7.45. The van der Waals surface area contributed by atoms with E-state index in [1.54, 1.807) is 18.7 Å². The molecule has 0 saturated heterocycles. The molecule has 5 nitrogen and oxygen atoms in total. The van der Waals surface area contributed by atoms with Gasteiger partial charge in [0.1, 0.15) is 5.92 Å². The number of esters is 1. The van der Waals surface area contributed by atoms with Crippen molar-refractivity contribution in [3.63, 3.8) is 0 Å². The van der Waals surface area contributed by atoms with Gasteiger partial charge in [-0.3, -0.25) is 9.59 Å². The van der Waals surface area contributed by atoms with E-state index < -0.39 is 0 Å². The highest BCUT2D eigenvalue weighted by Crippen LogP contribution is 2.49. The molecule has 3 rings (SSSR count).